The van der Waals surface area contributed by atoms with Gasteiger partial charge in [0, 0.05) is 25.4 Å². The van der Waals surface area contributed by atoms with Crippen LogP contribution in [0.1, 0.15) is 27.2 Å². The molecule has 0 aromatic carbocycles. The van der Waals surface area contributed by atoms with Gasteiger partial charge >= 0.3 is 6.09 Å². The van der Waals surface area contributed by atoms with Crippen LogP contribution in [0.25, 0.3) is 0 Å². The van der Waals surface area contributed by atoms with Crippen LogP contribution in [-0.4, -0.2) is 41.6 Å². The molecule has 1 unspecified atom stereocenters. The number of likely N-dealkylation sites (tertiary alicyclic amines) is 1. The SMILES string of the molecule is CC(C)COC(=O)N1CCC(=NO)C(C)C1. The molecule has 0 aromatic rings. The highest BCUT2D eigenvalue weighted by Gasteiger charge is 2.26. The van der Waals surface area contributed by atoms with E-state index in [0.29, 0.717) is 32.0 Å². The molecule has 5 nitrogen and oxygen atoms in total. The average molecular weight is 228 g/mol. The fraction of sp³-hybridized carbons (Fsp3) is 0.818. The van der Waals surface area contributed by atoms with Crippen LogP contribution in [0.3, 0.4) is 0 Å². The Morgan fingerprint density at radius 1 is 1.69 bits per heavy atom. The Labute approximate surface area is 96.1 Å². The fourth-order valence-electron chi connectivity index (χ4n) is 1.67. The highest BCUT2D eigenvalue weighted by molar-refractivity contribution is 5.88. The van der Waals surface area contributed by atoms with Gasteiger partial charge in [-0.3, -0.25) is 0 Å². The number of piperidine rings is 1. The van der Waals surface area contributed by atoms with Gasteiger partial charge in [0.05, 0.1) is 12.3 Å². The van der Waals surface area contributed by atoms with Gasteiger partial charge in [-0.15, -0.1) is 0 Å². The Balaban J connectivity index is 2.42. The summed E-state index contributed by atoms with van der Waals surface area (Å²) in [4.78, 5) is 13.3. The zero-order valence-corrected chi connectivity index (χ0v) is 10.1. The molecule has 0 aromatic heterocycles. The molecule has 1 amide bonds. The fourth-order valence-corrected chi connectivity index (χ4v) is 1.67. The normalized spacial score (nSPS) is 23.9. The van der Waals surface area contributed by atoms with E-state index in [9.17, 15) is 4.79 Å². The summed E-state index contributed by atoms with van der Waals surface area (Å²) >= 11 is 0. The highest BCUT2D eigenvalue weighted by atomic mass is 16.6. The van der Waals surface area contributed by atoms with Gasteiger partial charge in [0.1, 0.15) is 0 Å². The number of carbonyl (C=O) groups excluding carboxylic acids is 1. The van der Waals surface area contributed by atoms with Crippen LogP contribution in [0, 0.1) is 11.8 Å². The van der Waals surface area contributed by atoms with Gasteiger partial charge in [0.25, 0.3) is 0 Å². The van der Waals surface area contributed by atoms with Gasteiger partial charge in [0.2, 0.25) is 0 Å². The van der Waals surface area contributed by atoms with E-state index >= 15 is 0 Å². The van der Waals surface area contributed by atoms with Crippen molar-refractivity contribution in [1.29, 1.82) is 0 Å². The zero-order chi connectivity index (χ0) is 12.1. The molecule has 1 N–H and O–H groups in total. The third-order valence-electron chi connectivity index (χ3n) is 2.63. The monoisotopic (exact) mass is 228 g/mol. The summed E-state index contributed by atoms with van der Waals surface area (Å²) in [6.45, 7) is 7.53. The van der Waals surface area contributed by atoms with Crippen LogP contribution in [0.5, 0.6) is 0 Å². The first-order chi connectivity index (χ1) is 7.54. The predicted octanol–water partition coefficient (Wildman–Crippen LogP) is 1.95. The van der Waals surface area contributed by atoms with Gasteiger partial charge in [-0.2, -0.15) is 0 Å². The molecule has 0 aliphatic carbocycles. The van der Waals surface area contributed by atoms with Crippen molar-refractivity contribution >= 4 is 11.8 Å². The summed E-state index contributed by atoms with van der Waals surface area (Å²) in [6, 6.07) is 0. The summed E-state index contributed by atoms with van der Waals surface area (Å²) in [5, 5.41) is 12.0. The number of oxime groups is 1. The lowest BCUT2D eigenvalue weighted by molar-refractivity contribution is 0.0876. The molecule has 1 atom stereocenters. The maximum atomic E-state index is 11.6. The predicted molar refractivity (Wildman–Crippen MR) is 60.8 cm³/mol. The van der Waals surface area contributed by atoms with E-state index in [1.807, 2.05) is 20.8 Å². The second-order valence-electron chi connectivity index (χ2n) is 4.66. The van der Waals surface area contributed by atoms with Crippen molar-refractivity contribution in [2.45, 2.75) is 27.2 Å². The number of carbonyl (C=O) groups is 1. The van der Waals surface area contributed by atoms with Crippen LogP contribution >= 0.6 is 0 Å². The largest absolute Gasteiger partial charge is 0.449 e. The quantitative estimate of drug-likeness (QED) is 0.580. The first-order valence-electron chi connectivity index (χ1n) is 5.67. The number of ether oxygens (including phenoxy) is 1. The van der Waals surface area contributed by atoms with Crippen LogP contribution in [0.4, 0.5) is 4.79 Å². The van der Waals surface area contributed by atoms with Crippen molar-refractivity contribution in [3.8, 4) is 0 Å². The molecule has 1 saturated heterocycles. The Bertz CT molecular complexity index is 276. The third-order valence-corrected chi connectivity index (χ3v) is 2.63. The van der Waals surface area contributed by atoms with E-state index < -0.39 is 0 Å². The zero-order valence-electron chi connectivity index (χ0n) is 10.1. The van der Waals surface area contributed by atoms with E-state index in [1.165, 1.54) is 0 Å². The minimum Gasteiger partial charge on any atom is -0.449 e. The number of nitrogens with zero attached hydrogens (tertiary/aromatic N) is 2. The number of amides is 1. The standard InChI is InChI=1S/C11H20N2O3/c1-8(2)7-16-11(14)13-5-4-10(12-15)9(3)6-13/h8-9,15H,4-7H2,1-3H3. The summed E-state index contributed by atoms with van der Waals surface area (Å²) in [5.41, 5.74) is 0.757. The Morgan fingerprint density at radius 2 is 2.38 bits per heavy atom. The topological polar surface area (TPSA) is 62.1 Å². The molecule has 1 fully saturated rings. The van der Waals surface area contributed by atoms with E-state index in [1.54, 1.807) is 4.90 Å². The molecule has 0 bridgehead atoms. The molecule has 1 heterocycles. The second-order valence-corrected chi connectivity index (χ2v) is 4.66. The van der Waals surface area contributed by atoms with Crippen molar-refractivity contribution in [3.05, 3.63) is 0 Å². The average Bonchev–Trinajstić information content (AvgIpc) is 2.25. The maximum absolute atomic E-state index is 11.6. The molecular formula is C11H20N2O3. The van der Waals surface area contributed by atoms with Crippen LogP contribution < -0.4 is 0 Å². The summed E-state index contributed by atoms with van der Waals surface area (Å²) < 4.78 is 5.14. The first kappa shape index (κ1) is 12.8. The Morgan fingerprint density at radius 3 is 2.88 bits per heavy atom. The van der Waals surface area contributed by atoms with Crippen LogP contribution in [0.15, 0.2) is 5.16 Å². The van der Waals surface area contributed by atoms with Crippen molar-refractivity contribution in [2.24, 2.45) is 17.0 Å². The van der Waals surface area contributed by atoms with Gasteiger partial charge in [-0.25, -0.2) is 4.79 Å². The molecule has 0 radical (unpaired) electrons. The van der Waals surface area contributed by atoms with Gasteiger partial charge in [0.15, 0.2) is 0 Å². The lowest BCUT2D eigenvalue weighted by Gasteiger charge is -2.30. The van der Waals surface area contributed by atoms with E-state index in [2.05, 4.69) is 5.16 Å². The molecule has 16 heavy (non-hydrogen) atoms. The molecule has 1 aliphatic heterocycles. The van der Waals surface area contributed by atoms with Crippen molar-refractivity contribution in [3.63, 3.8) is 0 Å². The van der Waals surface area contributed by atoms with Gasteiger partial charge in [-0.05, 0) is 5.92 Å². The van der Waals surface area contributed by atoms with Gasteiger partial charge < -0.3 is 14.8 Å². The minimum atomic E-state index is -0.266. The molecule has 1 rings (SSSR count). The molecule has 92 valence electrons. The van der Waals surface area contributed by atoms with Crippen molar-refractivity contribution < 1.29 is 14.7 Å². The lowest BCUT2D eigenvalue weighted by Crippen LogP contribution is -2.43. The summed E-state index contributed by atoms with van der Waals surface area (Å²) in [6.07, 6.45) is 0.353. The number of hydrogen-bond donors (Lipinski definition) is 1. The first-order valence-corrected chi connectivity index (χ1v) is 5.67. The molecule has 5 heteroatoms. The summed E-state index contributed by atoms with van der Waals surface area (Å²) in [7, 11) is 0. The minimum absolute atomic E-state index is 0.102. The smallest absolute Gasteiger partial charge is 0.409 e. The molecular weight excluding hydrogens is 208 g/mol. The number of hydrogen-bond acceptors (Lipinski definition) is 4. The maximum Gasteiger partial charge on any atom is 0.409 e. The van der Waals surface area contributed by atoms with Crippen molar-refractivity contribution in [1.82, 2.24) is 4.90 Å². The van der Waals surface area contributed by atoms with E-state index in [-0.39, 0.29) is 12.0 Å². The Kier molecular flexibility index (Phi) is 4.58. The molecule has 0 spiro atoms. The third kappa shape index (κ3) is 3.40. The number of rotatable bonds is 2. The van der Waals surface area contributed by atoms with E-state index in [0.717, 1.165) is 5.71 Å². The second kappa shape index (κ2) is 5.72. The Hall–Kier alpha value is -1.26. The van der Waals surface area contributed by atoms with Crippen LogP contribution in [0.2, 0.25) is 0 Å². The highest BCUT2D eigenvalue weighted by Crippen LogP contribution is 2.14. The van der Waals surface area contributed by atoms with Crippen molar-refractivity contribution in [2.75, 3.05) is 19.7 Å². The summed E-state index contributed by atoms with van der Waals surface area (Å²) in [5.74, 6) is 0.450. The molecule has 1 aliphatic rings. The van der Waals surface area contributed by atoms with E-state index in [4.69, 9.17) is 9.94 Å². The van der Waals surface area contributed by atoms with Crippen LogP contribution in [-0.2, 0) is 4.74 Å². The molecule has 0 saturated carbocycles. The van der Waals surface area contributed by atoms with Gasteiger partial charge in [-0.1, -0.05) is 25.9 Å². The lowest BCUT2D eigenvalue weighted by atomic mass is 9.98.